The molecule has 0 aliphatic rings. The van der Waals surface area contributed by atoms with Crippen LogP contribution in [0.2, 0.25) is 0 Å². The fraction of sp³-hybridized carbons (Fsp3) is 0.188. The number of rotatable bonds is 5. The maximum absolute atomic E-state index is 12.0. The third kappa shape index (κ3) is 3.34. The number of hydrogen-bond acceptors (Lipinski definition) is 4. The predicted octanol–water partition coefficient (Wildman–Crippen LogP) is 4.29. The number of fused-ring (bicyclic) bond motifs is 1. The smallest absolute Gasteiger partial charge is 0.310 e. The minimum atomic E-state index is -0.244. The number of nitrogens with one attached hydrogen (secondary N) is 1. The highest BCUT2D eigenvalue weighted by molar-refractivity contribution is 9.11. The molecule has 0 saturated heterocycles. The maximum Gasteiger partial charge on any atom is 0.310 e. The molecule has 0 radical (unpaired) electrons. The van der Waals surface area contributed by atoms with E-state index < -0.39 is 0 Å². The first kappa shape index (κ1) is 15.1. The number of aromatic nitrogens is 1. The molecule has 114 valence electrons. The van der Waals surface area contributed by atoms with E-state index >= 15 is 0 Å². The summed E-state index contributed by atoms with van der Waals surface area (Å²) in [5, 5.41) is 2.95. The zero-order chi connectivity index (χ0) is 15.5. The lowest BCUT2D eigenvalue weighted by atomic mass is 10.1. The molecule has 0 fully saturated rings. The number of benzene rings is 1. The van der Waals surface area contributed by atoms with Gasteiger partial charge in [-0.3, -0.25) is 4.79 Å². The number of carbonyl (C=O) groups is 1. The minimum absolute atomic E-state index is 0.235. The first-order chi connectivity index (χ1) is 10.7. The molecule has 4 nitrogen and oxygen atoms in total. The Morgan fingerprint density at radius 3 is 2.95 bits per heavy atom. The molecule has 0 unspecified atom stereocenters. The molecule has 1 N–H and O–H groups in total. The molecule has 0 spiro atoms. The molecule has 22 heavy (non-hydrogen) atoms. The summed E-state index contributed by atoms with van der Waals surface area (Å²) in [7, 11) is 1.63. The first-order valence-corrected chi connectivity index (χ1v) is 8.35. The summed E-state index contributed by atoms with van der Waals surface area (Å²) < 4.78 is 11.6. The number of halogens is 1. The van der Waals surface area contributed by atoms with Gasteiger partial charge in [-0.25, -0.2) is 0 Å². The normalized spacial score (nSPS) is 10.8. The number of aromatic amines is 1. The molecule has 3 aromatic rings. The lowest BCUT2D eigenvalue weighted by Gasteiger charge is -2.04. The van der Waals surface area contributed by atoms with Crippen molar-refractivity contribution in [3.05, 3.63) is 50.8 Å². The molecule has 2 aromatic heterocycles. The Labute approximate surface area is 140 Å². The van der Waals surface area contributed by atoms with E-state index in [1.54, 1.807) is 18.4 Å². The largest absolute Gasteiger partial charge is 0.497 e. The van der Waals surface area contributed by atoms with Crippen LogP contribution in [0.4, 0.5) is 0 Å². The number of ether oxygens (including phenoxy) is 2. The molecule has 0 amide bonds. The van der Waals surface area contributed by atoms with Gasteiger partial charge in [0.05, 0.1) is 17.3 Å². The molecule has 0 saturated carbocycles. The van der Waals surface area contributed by atoms with E-state index in [0.29, 0.717) is 6.61 Å². The van der Waals surface area contributed by atoms with Crippen LogP contribution in [0.25, 0.3) is 10.9 Å². The summed E-state index contributed by atoms with van der Waals surface area (Å²) in [6, 6.07) is 7.69. The van der Waals surface area contributed by atoms with Crippen molar-refractivity contribution >= 4 is 44.1 Å². The second kappa shape index (κ2) is 6.54. The zero-order valence-corrected chi connectivity index (χ0v) is 14.3. The molecule has 0 atom stereocenters. The first-order valence-electron chi connectivity index (χ1n) is 6.68. The van der Waals surface area contributed by atoms with Crippen LogP contribution in [-0.4, -0.2) is 18.1 Å². The standard InChI is InChI=1S/C16H14BrNO3S/c1-20-12-2-3-14-13(6-12)11(7-18-14)5-16(19)21-8-10-4-15(17)22-9-10/h2-4,6-7,9,18H,5,8H2,1H3. The van der Waals surface area contributed by atoms with Gasteiger partial charge in [0.1, 0.15) is 12.4 Å². The lowest BCUT2D eigenvalue weighted by molar-refractivity contribution is -0.144. The fourth-order valence-electron chi connectivity index (χ4n) is 2.22. The summed E-state index contributed by atoms with van der Waals surface area (Å²) in [5.41, 5.74) is 2.88. The van der Waals surface area contributed by atoms with Gasteiger partial charge in [0.15, 0.2) is 0 Å². The van der Waals surface area contributed by atoms with Crippen molar-refractivity contribution < 1.29 is 14.3 Å². The summed E-state index contributed by atoms with van der Waals surface area (Å²) in [4.78, 5) is 15.2. The lowest BCUT2D eigenvalue weighted by Crippen LogP contribution is -2.07. The average Bonchev–Trinajstić information content (AvgIpc) is 3.11. The summed E-state index contributed by atoms with van der Waals surface area (Å²) in [6.07, 6.45) is 2.07. The third-order valence-corrected chi connectivity index (χ3v) is 4.88. The zero-order valence-electron chi connectivity index (χ0n) is 11.9. The van der Waals surface area contributed by atoms with Crippen LogP contribution in [0.15, 0.2) is 39.6 Å². The molecule has 0 aliphatic heterocycles. The molecule has 0 aliphatic carbocycles. The number of esters is 1. The van der Waals surface area contributed by atoms with Crippen LogP contribution in [-0.2, 0) is 22.6 Å². The summed E-state index contributed by atoms with van der Waals surface area (Å²) in [6.45, 7) is 0.298. The minimum Gasteiger partial charge on any atom is -0.497 e. The number of H-pyrrole nitrogens is 1. The second-order valence-electron chi connectivity index (χ2n) is 4.82. The van der Waals surface area contributed by atoms with Crippen LogP contribution in [0.5, 0.6) is 5.75 Å². The van der Waals surface area contributed by atoms with Gasteiger partial charge in [0.25, 0.3) is 0 Å². The topological polar surface area (TPSA) is 51.3 Å². The van der Waals surface area contributed by atoms with Crippen LogP contribution in [0.1, 0.15) is 11.1 Å². The van der Waals surface area contributed by atoms with E-state index in [1.165, 1.54) is 0 Å². The quantitative estimate of drug-likeness (QED) is 0.672. The van der Waals surface area contributed by atoms with E-state index in [9.17, 15) is 4.79 Å². The van der Waals surface area contributed by atoms with E-state index in [2.05, 4.69) is 20.9 Å². The highest BCUT2D eigenvalue weighted by Crippen LogP contribution is 2.24. The van der Waals surface area contributed by atoms with Crippen molar-refractivity contribution in [1.29, 1.82) is 0 Å². The van der Waals surface area contributed by atoms with Gasteiger partial charge in [-0.05, 0) is 51.1 Å². The highest BCUT2D eigenvalue weighted by atomic mass is 79.9. The van der Waals surface area contributed by atoms with Crippen molar-refractivity contribution in [3.8, 4) is 5.75 Å². The fourth-order valence-corrected chi connectivity index (χ4v) is 3.42. The summed E-state index contributed by atoms with van der Waals surface area (Å²) in [5.74, 6) is 0.524. The van der Waals surface area contributed by atoms with E-state index in [-0.39, 0.29) is 12.4 Å². The van der Waals surface area contributed by atoms with Gasteiger partial charge >= 0.3 is 5.97 Å². The van der Waals surface area contributed by atoms with Crippen molar-refractivity contribution in [1.82, 2.24) is 4.98 Å². The number of methoxy groups -OCH3 is 1. The van der Waals surface area contributed by atoms with Crippen LogP contribution < -0.4 is 4.74 Å². The molecular formula is C16H14BrNO3S. The molecule has 2 heterocycles. The van der Waals surface area contributed by atoms with Crippen LogP contribution >= 0.6 is 27.3 Å². The molecular weight excluding hydrogens is 366 g/mol. The average molecular weight is 380 g/mol. The van der Waals surface area contributed by atoms with Crippen LogP contribution in [0, 0.1) is 0 Å². The Kier molecular flexibility index (Phi) is 4.49. The Morgan fingerprint density at radius 1 is 1.36 bits per heavy atom. The SMILES string of the molecule is COc1ccc2[nH]cc(CC(=O)OCc3csc(Br)c3)c2c1. The molecule has 1 aromatic carbocycles. The van der Waals surface area contributed by atoms with Gasteiger partial charge in [-0.15, -0.1) is 11.3 Å². The molecule has 0 bridgehead atoms. The number of thiophene rings is 1. The van der Waals surface area contributed by atoms with E-state index in [0.717, 1.165) is 31.6 Å². The van der Waals surface area contributed by atoms with Crippen molar-refractivity contribution in [2.75, 3.05) is 7.11 Å². The number of carbonyl (C=O) groups excluding carboxylic acids is 1. The third-order valence-electron chi connectivity index (χ3n) is 3.33. The monoisotopic (exact) mass is 379 g/mol. The van der Waals surface area contributed by atoms with Crippen molar-refractivity contribution in [2.45, 2.75) is 13.0 Å². The van der Waals surface area contributed by atoms with Gasteiger partial charge in [-0.1, -0.05) is 0 Å². The van der Waals surface area contributed by atoms with Crippen molar-refractivity contribution in [2.24, 2.45) is 0 Å². The highest BCUT2D eigenvalue weighted by Gasteiger charge is 2.11. The molecule has 3 rings (SSSR count). The second-order valence-corrected chi connectivity index (χ2v) is 7.11. The van der Waals surface area contributed by atoms with E-state index in [1.807, 2.05) is 35.8 Å². The van der Waals surface area contributed by atoms with Gasteiger partial charge in [0.2, 0.25) is 0 Å². The van der Waals surface area contributed by atoms with Gasteiger partial charge in [0, 0.05) is 22.7 Å². The molecule has 6 heteroatoms. The van der Waals surface area contributed by atoms with E-state index in [4.69, 9.17) is 9.47 Å². The maximum atomic E-state index is 12.0. The summed E-state index contributed by atoms with van der Waals surface area (Å²) >= 11 is 4.96. The predicted molar refractivity (Wildman–Crippen MR) is 90.4 cm³/mol. The van der Waals surface area contributed by atoms with Gasteiger partial charge < -0.3 is 14.5 Å². The Bertz CT molecular complexity index is 809. The number of hydrogen-bond donors (Lipinski definition) is 1. The van der Waals surface area contributed by atoms with Gasteiger partial charge in [-0.2, -0.15) is 0 Å². The Balaban J connectivity index is 1.68. The van der Waals surface area contributed by atoms with Crippen LogP contribution in [0.3, 0.4) is 0 Å². The van der Waals surface area contributed by atoms with Crippen molar-refractivity contribution in [3.63, 3.8) is 0 Å². The Morgan fingerprint density at radius 2 is 2.23 bits per heavy atom. The Hall–Kier alpha value is -1.79.